The number of amides is 1. The van der Waals surface area contributed by atoms with Crippen LogP contribution in [0.3, 0.4) is 0 Å². The highest BCUT2D eigenvalue weighted by Gasteiger charge is 2.36. The van der Waals surface area contributed by atoms with Gasteiger partial charge in [0.15, 0.2) is 5.69 Å². The minimum absolute atomic E-state index is 0.00558. The van der Waals surface area contributed by atoms with E-state index in [2.05, 4.69) is 15.3 Å². The van der Waals surface area contributed by atoms with Crippen molar-refractivity contribution in [1.82, 2.24) is 24.9 Å². The molecule has 0 radical (unpaired) electrons. The first-order valence-corrected chi connectivity index (χ1v) is 9.16. The van der Waals surface area contributed by atoms with Crippen LogP contribution in [0.25, 0.3) is 11.5 Å². The van der Waals surface area contributed by atoms with E-state index in [0.717, 1.165) is 29.8 Å². The second-order valence-electron chi connectivity index (χ2n) is 6.66. The lowest BCUT2D eigenvalue weighted by Crippen LogP contribution is -2.35. The maximum Gasteiger partial charge on any atom is 0.435 e. The summed E-state index contributed by atoms with van der Waals surface area (Å²) in [5, 5.41) is 12.0. The van der Waals surface area contributed by atoms with Gasteiger partial charge in [0.25, 0.3) is 0 Å². The molecule has 0 unspecified atom stereocenters. The Morgan fingerprint density at radius 2 is 1.93 bits per heavy atom. The second-order valence-corrected chi connectivity index (χ2v) is 7.09. The molecule has 7 nitrogen and oxygen atoms in total. The molecule has 2 aromatic heterocycles. The smallest absolute Gasteiger partial charge is 0.419 e. The lowest BCUT2D eigenvalue weighted by atomic mass is 10.2. The van der Waals surface area contributed by atoms with Crippen molar-refractivity contribution < 1.29 is 22.4 Å². The van der Waals surface area contributed by atoms with Gasteiger partial charge in [-0.2, -0.15) is 18.3 Å². The number of benzene rings is 1. The van der Waals surface area contributed by atoms with Crippen LogP contribution in [0.5, 0.6) is 0 Å². The Kier molecular flexibility index (Phi) is 5.03. The summed E-state index contributed by atoms with van der Waals surface area (Å²) in [6.07, 6.45) is -1.78. The van der Waals surface area contributed by atoms with Crippen LogP contribution in [-0.2, 0) is 24.1 Å². The number of halogens is 4. The van der Waals surface area contributed by atoms with Crippen LogP contribution in [-0.4, -0.2) is 36.8 Å². The Bertz CT molecular complexity index is 1010. The van der Waals surface area contributed by atoms with Crippen molar-refractivity contribution in [1.29, 1.82) is 0 Å². The highest BCUT2D eigenvalue weighted by atomic mass is 35.5. The number of alkyl halides is 3. The van der Waals surface area contributed by atoms with Crippen molar-refractivity contribution in [2.24, 2.45) is 0 Å². The summed E-state index contributed by atoms with van der Waals surface area (Å²) < 4.78 is 44.7. The Balaban J connectivity index is 1.45. The van der Waals surface area contributed by atoms with Crippen LogP contribution >= 0.6 is 11.6 Å². The molecule has 1 aliphatic carbocycles. The van der Waals surface area contributed by atoms with E-state index in [1.807, 2.05) is 0 Å². The third kappa shape index (κ3) is 4.58. The maximum absolute atomic E-state index is 12.7. The number of hydrogen-bond acceptors (Lipinski definition) is 5. The van der Waals surface area contributed by atoms with Gasteiger partial charge in [-0.3, -0.25) is 9.48 Å². The van der Waals surface area contributed by atoms with Gasteiger partial charge in [-0.25, -0.2) is 0 Å². The van der Waals surface area contributed by atoms with E-state index >= 15 is 0 Å². The molecule has 1 fully saturated rings. The number of carbonyl (C=O) groups is 1. The molecule has 0 aliphatic heterocycles. The number of nitrogens with zero attached hydrogens (tertiary/aromatic N) is 5. The molecule has 3 aromatic rings. The van der Waals surface area contributed by atoms with E-state index in [4.69, 9.17) is 16.0 Å². The molecular formula is C18H15ClF3N5O2. The standard InChI is InChI=1S/C18H15ClF3N5O2/c19-12-3-1-11(2-4-12)17-24-23-15(29-17)9-27(13-5-6-13)16(28)10-26-8-7-14(25-26)18(20,21)22/h1-4,7-8,13H,5-6,9-10H2. The van der Waals surface area contributed by atoms with Crippen molar-refractivity contribution in [2.75, 3.05) is 0 Å². The van der Waals surface area contributed by atoms with Crippen LogP contribution in [0.1, 0.15) is 24.4 Å². The van der Waals surface area contributed by atoms with E-state index in [1.165, 1.54) is 4.90 Å². The summed E-state index contributed by atoms with van der Waals surface area (Å²) in [5.41, 5.74) is -0.346. The summed E-state index contributed by atoms with van der Waals surface area (Å²) in [4.78, 5) is 14.2. The summed E-state index contributed by atoms with van der Waals surface area (Å²) >= 11 is 5.86. The molecule has 1 amide bonds. The molecule has 0 saturated heterocycles. The van der Waals surface area contributed by atoms with E-state index < -0.39 is 11.9 Å². The zero-order valence-corrected chi connectivity index (χ0v) is 15.7. The van der Waals surface area contributed by atoms with E-state index in [-0.39, 0.29) is 30.9 Å². The molecule has 152 valence electrons. The predicted molar refractivity (Wildman–Crippen MR) is 95.5 cm³/mol. The van der Waals surface area contributed by atoms with E-state index in [1.54, 1.807) is 24.3 Å². The maximum atomic E-state index is 12.7. The molecule has 1 saturated carbocycles. The van der Waals surface area contributed by atoms with Crippen LogP contribution in [0, 0.1) is 0 Å². The molecule has 11 heteroatoms. The third-order valence-corrected chi connectivity index (χ3v) is 4.65. The zero-order chi connectivity index (χ0) is 20.6. The monoisotopic (exact) mass is 425 g/mol. The molecule has 0 N–H and O–H groups in total. The molecule has 1 aromatic carbocycles. The first kappa shape index (κ1) is 19.4. The minimum Gasteiger partial charge on any atom is -0.419 e. The van der Waals surface area contributed by atoms with Crippen LogP contribution in [0.2, 0.25) is 5.02 Å². The molecule has 4 rings (SSSR count). The number of hydrogen-bond donors (Lipinski definition) is 0. The predicted octanol–water partition coefficient (Wildman–Crippen LogP) is 3.80. The van der Waals surface area contributed by atoms with Gasteiger partial charge >= 0.3 is 6.18 Å². The highest BCUT2D eigenvalue weighted by molar-refractivity contribution is 6.30. The topological polar surface area (TPSA) is 77.1 Å². The fraction of sp³-hybridized carbons (Fsp3) is 0.333. The van der Waals surface area contributed by atoms with Crippen molar-refractivity contribution in [2.45, 2.75) is 38.1 Å². The van der Waals surface area contributed by atoms with Crippen molar-refractivity contribution in [3.8, 4) is 11.5 Å². The third-order valence-electron chi connectivity index (χ3n) is 4.40. The molecule has 0 bridgehead atoms. The Morgan fingerprint density at radius 1 is 1.21 bits per heavy atom. The summed E-state index contributed by atoms with van der Waals surface area (Å²) in [5.74, 6) is 0.170. The fourth-order valence-electron chi connectivity index (χ4n) is 2.81. The summed E-state index contributed by atoms with van der Waals surface area (Å²) in [6.45, 7) is -0.220. The van der Waals surface area contributed by atoms with Crippen molar-refractivity contribution >= 4 is 17.5 Å². The van der Waals surface area contributed by atoms with E-state index in [0.29, 0.717) is 16.5 Å². The number of carbonyl (C=O) groups excluding carboxylic acids is 1. The first-order chi connectivity index (χ1) is 13.8. The Morgan fingerprint density at radius 3 is 2.55 bits per heavy atom. The van der Waals surface area contributed by atoms with Gasteiger partial charge in [-0.15, -0.1) is 10.2 Å². The van der Waals surface area contributed by atoms with Crippen LogP contribution in [0.15, 0.2) is 40.9 Å². The van der Waals surface area contributed by atoms with Crippen LogP contribution < -0.4 is 0 Å². The highest BCUT2D eigenvalue weighted by Crippen LogP contribution is 2.30. The largest absolute Gasteiger partial charge is 0.435 e. The molecule has 0 spiro atoms. The summed E-state index contributed by atoms with van der Waals surface area (Å²) in [7, 11) is 0. The SMILES string of the molecule is O=C(Cn1ccc(C(F)(F)F)n1)N(Cc1nnc(-c2ccc(Cl)cc2)o1)C1CC1. The van der Waals surface area contributed by atoms with Crippen LogP contribution in [0.4, 0.5) is 13.2 Å². The normalized spacial score (nSPS) is 14.2. The van der Waals surface area contributed by atoms with E-state index in [9.17, 15) is 18.0 Å². The van der Waals surface area contributed by atoms with Gasteiger partial charge in [-0.05, 0) is 43.2 Å². The molecule has 0 atom stereocenters. The average molecular weight is 426 g/mol. The first-order valence-electron chi connectivity index (χ1n) is 8.78. The lowest BCUT2D eigenvalue weighted by molar-refractivity contribution is -0.142. The van der Waals surface area contributed by atoms with Gasteiger partial charge in [-0.1, -0.05) is 11.6 Å². The average Bonchev–Trinajstić information content (AvgIpc) is 3.19. The number of aromatic nitrogens is 4. The molecular weight excluding hydrogens is 411 g/mol. The van der Waals surface area contributed by atoms with Crippen molar-refractivity contribution in [3.63, 3.8) is 0 Å². The van der Waals surface area contributed by atoms with Gasteiger partial charge in [0.1, 0.15) is 6.54 Å². The molecule has 29 heavy (non-hydrogen) atoms. The quantitative estimate of drug-likeness (QED) is 0.600. The fourth-order valence-corrected chi connectivity index (χ4v) is 2.94. The van der Waals surface area contributed by atoms with Gasteiger partial charge in [0.2, 0.25) is 17.7 Å². The van der Waals surface area contributed by atoms with Gasteiger partial charge in [0, 0.05) is 22.8 Å². The van der Waals surface area contributed by atoms with Crippen molar-refractivity contribution in [3.05, 3.63) is 53.1 Å². The minimum atomic E-state index is -4.55. The second kappa shape index (κ2) is 7.51. The molecule has 1 aliphatic rings. The Labute approximate surface area is 168 Å². The Hall–Kier alpha value is -2.88. The van der Waals surface area contributed by atoms with Gasteiger partial charge in [0.05, 0.1) is 6.54 Å². The lowest BCUT2D eigenvalue weighted by Gasteiger charge is -2.20. The molecule has 2 heterocycles. The number of rotatable bonds is 6. The van der Waals surface area contributed by atoms with Gasteiger partial charge < -0.3 is 9.32 Å². The zero-order valence-electron chi connectivity index (χ0n) is 14.9. The summed E-state index contributed by atoms with van der Waals surface area (Å²) in [6, 6.07) is 7.70.